The van der Waals surface area contributed by atoms with Gasteiger partial charge in [0.2, 0.25) is 5.91 Å². The maximum Gasteiger partial charge on any atom is 0.323 e. The number of hydrogen-bond acceptors (Lipinski definition) is 6. The highest BCUT2D eigenvalue weighted by molar-refractivity contribution is 7.09. The highest BCUT2D eigenvalue weighted by Crippen LogP contribution is 2.23. The van der Waals surface area contributed by atoms with E-state index in [2.05, 4.69) is 10.6 Å². The van der Waals surface area contributed by atoms with Crippen LogP contribution in [-0.4, -0.2) is 42.5 Å². The highest BCUT2D eigenvalue weighted by Gasteiger charge is 2.33. The van der Waals surface area contributed by atoms with E-state index in [1.807, 2.05) is 41.8 Å². The van der Waals surface area contributed by atoms with Crippen molar-refractivity contribution in [3.8, 4) is 0 Å². The van der Waals surface area contributed by atoms with E-state index in [1.165, 1.54) is 18.4 Å². The van der Waals surface area contributed by atoms with Crippen LogP contribution in [0.5, 0.6) is 0 Å². The number of nitrogens with one attached hydrogen (secondary N) is 2. The number of methoxy groups -OCH3 is 1. The Morgan fingerprint density at radius 1 is 1.19 bits per heavy atom. The van der Waals surface area contributed by atoms with Crippen molar-refractivity contribution in [1.29, 1.82) is 0 Å². The molecule has 1 aliphatic heterocycles. The highest BCUT2D eigenvalue weighted by atomic mass is 32.1. The van der Waals surface area contributed by atoms with E-state index in [1.54, 1.807) is 4.90 Å². The number of imide groups is 1. The van der Waals surface area contributed by atoms with Crippen molar-refractivity contribution < 1.29 is 19.1 Å². The number of amides is 3. The number of hydrogen-bond donors (Lipinski definition) is 2. The second-order valence-corrected chi connectivity index (χ2v) is 7.26. The van der Waals surface area contributed by atoms with Crippen molar-refractivity contribution in [1.82, 2.24) is 15.5 Å². The summed E-state index contributed by atoms with van der Waals surface area (Å²) in [4.78, 5) is 39.1. The van der Waals surface area contributed by atoms with Crippen LogP contribution in [0, 0.1) is 0 Å². The molecular weight excluding hydrogens is 366 g/mol. The van der Waals surface area contributed by atoms with Gasteiger partial charge in [0.15, 0.2) is 0 Å². The van der Waals surface area contributed by atoms with Gasteiger partial charge in [-0.1, -0.05) is 30.3 Å². The van der Waals surface area contributed by atoms with Gasteiger partial charge >= 0.3 is 12.0 Å². The molecule has 142 valence electrons. The standard InChI is InChI=1S/C19H21N3O4S/c1-26-18(24)16-9-13-5-2-3-6-14(13)11-22(16)12-17(23)21-19(25)20-10-15-7-4-8-27-15/h2-8,16H,9-12H2,1H3,(H2,20,21,23,25)/t16-/m0/s1. The number of benzene rings is 1. The van der Waals surface area contributed by atoms with E-state index in [0.29, 0.717) is 19.5 Å². The molecule has 1 atom stereocenters. The molecule has 3 amide bonds. The van der Waals surface area contributed by atoms with Gasteiger partial charge in [0.1, 0.15) is 6.04 Å². The van der Waals surface area contributed by atoms with E-state index in [0.717, 1.165) is 16.0 Å². The van der Waals surface area contributed by atoms with Crippen LogP contribution in [0.2, 0.25) is 0 Å². The predicted molar refractivity (Wildman–Crippen MR) is 101 cm³/mol. The molecule has 27 heavy (non-hydrogen) atoms. The molecular formula is C19H21N3O4S. The van der Waals surface area contributed by atoms with E-state index < -0.39 is 18.0 Å². The minimum absolute atomic E-state index is 0.0689. The average Bonchev–Trinajstić information content (AvgIpc) is 3.18. The number of nitrogens with zero attached hydrogens (tertiary/aromatic N) is 1. The maximum atomic E-state index is 12.3. The van der Waals surface area contributed by atoms with Crippen molar-refractivity contribution in [2.45, 2.75) is 25.6 Å². The predicted octanol–water partition coefficient (Wildman–Crippen LogP) is 1.67. The second kappa shape index (κ2) is 8.79. The molecule has 1 aromatic carbocycles. The summed E-state index contributed by atoms with van der Waals surface area (Å²) in [5.41, 5.74) is 2.13. The fraction of sp³-hybridized carbons (Fsp3) is 0.316. The number of ether oxygens (including phenoxy) is 1. The van der Waals surface area contributed by atoms with Crippen molar-refractivity contribution >= 4 is 29.2 Å². The van der Waals surface area contributed by atoms with Gasteiger partial charge in [0.25, 0.3) is 0 Å². The quantitative estimate of drug-likeness (QED) is 0.762. The lowest BCUT2D eigenvalue weighted by atomic mass is 9.94. The first-order chi connectivity index (χ1) is 13.1. The third-order valence-electron chi connectivity index (χ3n) is 4.42. The molecule has 0 radical (unpaired) electrons. The van der Waals surface area contributed by atoms with Crippen LogP contribution in [0.3, 0.4) is 0 Å². The molecule has 1 aliphatic rings. The summed E-state index contributed by atoms with van der Waals surface area (Å²) in [5.74, 6) is -0.855. The first-order valence-electron chi connectivity index (χ1n) is 8.55. The Bertz CT molecular complexity index is 822. The normalized spacial score (nSPS) is 16.3. The first-order valence-corrected chi connectivity index (χ1v) is 9.43. The van der Waals surface area contributed by atoms with E-state index >= 15 is 0 Å². The number of carbonyl (C=O) groups is 3. The lowest BCUT2D eigenvalue weighted by Gasteiger charge is -2.34. The fourth-order valence-corrected chi connectivity index (χ4v) is 3.73. The molecule has 2 N–H and O–H groups in total. The zero-order valence-corrected chi connectivity index (χ0v) is 15.8. The van der Waals surface area contributed by atoms with Crippen LogP contribution in [0.25, 0.3) is 0 Å². The zero-order chi connectivity index (χ0) is 19.2. The van der Waals surface area contributed by atoms with Gasteiger partial charge < -0.3 is 10.1 Å². The van der Waals surface area contributed by atoms with Gasteiger partial charge in [-0.05, 0) is 29.0 Å². The van der Waals surface area contributed by atoms with E-state index in [-0.39, 0.29) is 12.5 Å². The first kappa shape index (κ1) is 19.1. The summed E-state index contributed by atoms with van der Waals surface area (Å²) in [6.07, 6.45) is 0.473. The average molecular weight is 387 g/mol. The summed E-state index contributed by atoms with van der Waals surface area (Å²) >= 11 is 1.52. The molecule has 2 heterocycles. The van der Waals surface area contributed by atoms with Crippen molar-refractivity contribution in [3.63, 3.8) is 0 Å². The van der Waals surface area contributed by atoms with E-state index in [9.17, 15) is 14.4 Å². The number of carbonyl (C=O) groups excluding carboxylic acids is 3. The van der Waals surface area contributed by atoms with Crippen LogP contribution in [0.1, 0.15) is 16.0 Å². The molecule has 0 aliphatic carbocycles. The second-order valence-electron chi connectivity index (χ2n) is 6.23. The molecule has 7 nitrogen and oxygen atoms in total. The van der Waals surface area contributed by atoms with E-state index in [4.69, 9.17) is 4.74 Å². The summed E-state index contributed by atoms with van der Waals surface area (Å²) in [7, 11) is 1.33. The van der Waals surface area contributed by atoms with Gasteiger partial charge in [-0.25, -0.2) is 4.79 Å². The van der Waals surface area contributed by atoms with Crippen molar-refractivity contribution in [3.05, 3.63) is 57.8 Å². The van der Waals surface area contributed by atoms with Gasteiger partial charge in [-0.3, -0.25) is 19.8 Å². The monoisotopic (exact) mass is 387 g/mol. The number of thiophene rings is 1. The van der Waals surface area contributed by atoms with Gasteiger partial charge in [-0.15, -0.1) is 11.3 Å². The molecule has 1 aromatic heterocycles. The minimum Gasteiger partial charge on any atom is -0.468 e. The summed E-state index contributed by atoms with van der Waals surface area (Å²) in [5, 5.41) is 6.87. The van der Waals surface area contributed by atoms with Crippen molar-refractivity contribution in [2.75, 3.05) is 13.7 Å². The summed E-state index contributed by atoms with van der Waals surface area (Å²) < 4.78 is 4.89. The lowest BCUT2D eigenvalue weighted by Crippen LogP contribution is -2.51. The van der Waals surface area contributed by atoms with Crippen LogP contribution >= 0.6 is 11.3 Å². The molecule has 0 unspecified atom stereocenters. The van der Waals surface area contributed by atoms with Gasteiger partial charge in [-0.2, -0.15) is 0 Å². The van der Waals surface area contributed by atoms with Crippen LogP contribution < -0.4 is 10.6 Å². The molecule has 3 rings (SSSR count). The van der Waals surface area contributed by atoms with Crippen LogP contribution in [0.15, 0.2) is 41.8 Å². The summed E-state index contributed by atoms with van der Waals surface area (Å²) in [6, 6.07) is 10.5. The number of rotatable bonds is 5. The Kier molecular flexibility index (Phi) is 6.20. The Hall–Kier alpha value is -2.71. The zero-order valence-electron chi connectivity index (χ0n) is 14.9. The van der Waals surface area contributed by atoms with Crippen LogP contribution in [-0.2, 0) is 33.8 Å². The Morgan fingerprint density at radius 3 is 2.67 bits per heavy atom. The lowest BCUT2D eigenvalue weighted by molar-refractivity contribution is -0.148. The Morgan fingerprint density at radius 2 is 1.96 bits per heavy atom. The smallest absolute Gasteiger partial charge is 0.323 e. The fourth-order valence-electron chi connectivity index (χ4n) is 3.09. The van der Waals surface area contributed by atoms with Gasteiger partial charge in [0.05, 0.1) is 20.2 Å². The largest absolute Gasteiger partial charge is 0.468 e. The summed E-state index contributed by atoms with van der Waals surface area (Å²) in [6.45, 7) is 0.735. The molecule has 8 heteroatoms. The topological polar surface area (TPSA) is 87.7 Å². The molecule has 0 bridgehead atoms. The van der Waals surface area contributed by atoms with Crippen molar-refractivity contribution in [2.24, 2.45) is 0 Å². The SMILES string of the molecule is COC(=O)[C@@H]1Cc2ccccc2CN1CC(=O)NC(=O)NCc1cccs1. The van der Waals surface area contributed by atoms with Gasteiger partial charge in [0, 0.05) is 11.4 Å². The minimum atomic E-state index is -0.555. The molecule has 0 saturated carbocycles. The Balaban J connectivity index is 1.59. The number of fused-ring (bicyclic) bond motifs is 1. The Labute approximate surface area is 161 Å². The number of urea groups is 1. The molecule has 0 spiro atoms. The molecule has 0 saturated heterocycles. The molecule has 2 aromatic rings. The third-order valence-corrected chi connectivity index (χ3v) is 5.30. The van der Waals surface area contributed by atoms with Crippen LogP contribution in [0.4, 0.5) is 4.79 Å². The maximum absolute atomic E-state index is 12.3. The molecule has 0 fully saturated rings. The third kappa shape index (κ3) is 4.93. The number of esters is 1.